The Morgan fingerprint density at radius 1 is 1.38 bits per heavy atom. The monoisotopic (exact) mass is 280 g/mol. The number of ketones is 1. The summed E-state index contributed by atoms with van der Waals surface area (Å²) < 4.78 is 0. The summed E-state index contributed by atoms with van der Waals surface area (Å²) in [4.78, 5) is 11.4. The summed E-state index contributed by atoms with van der Waals surface area (Å²) >= 11 is 14.8. The molecular weight excluding hydrogens is 275 g/mol. The molecule has 1 aromatic carbocycles. The standard InChI is InChI=1S/C9H7BrCl2O/c10-5-4-8(13)6-2-1-3-7(11)9(6)12/h1-3H,4-5H2. The van der Waals surface area contributed by atoms with Crippen molar-refractivity contribution in [3.63, 3.8) is 0 Å². The van der Waals surface area contributed by atoms with Crippen LogP contribution in [-0.4, -0.2) is 11.1 Å². The van der Waals surface area contributed by atoms with Crippen molar-refractivity contribution >= 4 is 44.9 Å². The highest BCUT2D eigenvalue weighted by atomic mass is 79.9. The van der Waals surface area contributed by atoms with Gasteiger partial charge in [0.05, 0.1) is 10.0 Å². The van der Waals surface area contributed by atoms with E-state index in [2.05, 4.69) is 15.9 Å². The van der Waals surface area contributed by atoms with Crippen LogP contribution in [0.4, 0.5) is 0 Å². The summed E-state index contributed by atoms with van der Waals surface area (Å²) in [6.07, 6.45) is 0.431. The Bertz CT molecular complexity index is 325. The van der Waals surface area contributed by atoms with E-state index in [1.165, 1.54) is 0 Å². The second kappa shape index (κ2) is 4.99. The normalized spacial score (nSPS) is 10.1. The topological polar surface area (TPSA) is 17.1 Å². The number of Topliss-reactive ketones (excluding diaryl/α,β-unsaturated/α-hetero) is 1. The van der Waals surface area contributed by atoms with Crippen molar-refractivity contribution in [2.75, 3.05) is 5.33 Å². The van der Waals surface area contributed by atoms with Gasteiger partial charge in [-0.15, -0.1) is 0 Å². The van der Waals surface area contributed by atoms with Gasteiger partial charge in [0, 0.05) is 17.3 Å². The predicted molar refractivity (Wildman–Crippen MR) is 59.2 cm³/mol. The van der Waals surface area contributed by atoms with Gasteiger partial charge in [-0.3, -0.25) is 4.79 Å². The summed E-state index contributed by atoms with van der Waals surface area (Å²) in [6, 6.07) is 5.06. The van der Waals surface area contributed by atoms with Gasteiger partial charge in [-0.1, -0.05) is 45.2 Å². The van der Waals surface area contributed by atoms with Gasteiger partial charge in [0.25, 0.3) is 0 Å². The van der Waals surface area contributed by atoms with Gasteiger partial charge in [-0.25, -0.2) is 0 Å². The molecule has 0 radical (unpaired) electrons. The lowest BCUT2D eigenvalue weighted by Gasteiger charge is -2.02. The summed E-state index contributed by atoms with van der Waals surface area (Å²) in [5.74, 6) is 0.00405. The summed E-state index contributed by atoms with van der Waals surface area (Å²) in [6.45, 7) is 0. The quantitative estimate of drug-likeness (QED) is 0.605. The molecule has 0 saturated carbocycles. The zero-order chi connectivity index (χ0) is 9.84. The van der Waals surface area contributed by atoms with E-state index in [0.29, 0.717) is 27.4 Å². The van der Waals surface area contributed by atoms with Crippen LogP contribution in [-0.2, 0) is 0 Å². The molecule has 70 valence electrons. The van der Waals surface area contributed by atoms with Crippen molar-refractivity contribution in [2.24, 2.45) is 0 Å². The van der Waals surface area contributed by atoms with Crippen LogP contribution >= 0.6 is 39.1 Å². The minimum Gasteiger partial charge on any atom is -0.294 e. The van der Waals surface area contributed by atoms with Crippen molar-refractivity contribution in [2.45, 2.75) is 6.42 Å². The molecule has 0 saturated heterocycles. The smallest absolute Gasteiger partial charge is 0.165 e. The molecule has 0 aliphatic heterocycles. The van der Waals surface area contributed by atoms with Gasteiger partial charge in [0.2, 0.25) is 0 Å². The van der Waals surface area contributed by atoms with Crippen LogP contribution in [0, 0.1) is 0 Å². The van der Waals surface area contributed by atoms with E-state index in [-0.39, 0.29) is 5.78 Å². The molecule has 0 aliphatic carbocycles. The lowest BCUT2D eigenvalue weighted by Crippen LogP contribution is -2.00. The van der Waals surface area contributed by atoms with Gasteiger partial charge in [0.15, 0.2) is 5.78 Å². The summed E-state index contributed by atoms with van der Waals surface area (Å²) in [7, 11) is 0. The van der Waals surface area contributed by atoms with Crippen molar-refractivity contribution in [1.29, 1.82) is 0 Å². The molecule has 0 spiro atoms. The second-order valence-electron chi connectivity index (χ2n) is 2.46. The van der Waals surface area contributed by atoms with E-state index < -0.39 is 0 Å². The predicted octanol–water partition coefficient (Wildman–Crippen LogP) is 3.96. The Hall–Kier alpha value is -0.0500. The van der Waals surface area contributed by atoms with Crippen LogP contribution in [0.2, 0.25) is 10.0 Å². The number of hydrogen-bond acceptors (Lipinski definition) is 1. The van der Waals surface area contributed by atoms with Crippen LogP contribution in [0.1, 0.15) is 16.8 Å². The molecular formula is C9H7BrCl2O. The minimum atomic E-state index is 0.00405. The number of benzene rings is 1. The highest BCUT2D eigenvalue weighted by Crippen LogP contribution is 2.26. The van der Waals surface area contributed by atoms with E-state index in [0.717, 1.165) is 0 Å². The lowest BCUT2D eigenvalue weighted by atomic mass is 10.1. The number of halogens is 3. The molecule has 0 N–H and O–H groups in total. The molecule has 0 aliphatic rings. The first-order chi connectivity index (χ1) is 6.16. The number of rotatable bonds is 3. The number of carbonyl (C=O) groups excluding carboxylic acids is 1. The molecule has 4 heteroatoms. The minimum absolute atomic E-state index is 0.00405. The fourth-order valence-electron chi connectivity index (χ4n) is 0.940. The average Bonchev–Trinajstić information content (AvgIpc) is 2.10. The van der Waals surface area contributed by atoms with Crippen molar-refractivity contribution in [1.82, 2.24) is 0 Å². The third-order valence-corrected chi connectivity index (χ3v) is 2.79. The van der Waals surface area contributed by atoms with Crippen molar-refractivity contribution < 1.29 is 4.79 Å². The SMILES string of the molecule is O=C(CCBr)c1cccc(Cl)c1Cl. The Balaban J connectivity index is 3.01. The first-order valence-corrected chi connectivity index (χ1v) is 5.57. The first-order valence-electron chi connectivity index (χ1n) is 3.70. The van der Waals surface area contributed by atoms with E-state index in [9.17, 15) is 4.79 Å². The first kappa shape index (κ1) is 11.0. The summed E-state index contributed by atoms with van der Waals surface area (Å²) in [5.41, 5.74) is 0.494. The highest BCUT2D eigenvalue weighted by Gasteiger charge is 2.11. The molecule has 1 rings (SSSR count). The fraction of sp³-hybridized carbons (Fsp3) is 0.222. The second-order valence-corrected chi connectivity index (χ2v) is 4.04. The molecule has 0 heterocycles. The Morgan fingerprint density at radius 3 is 2.69 bits per heavy atom. The van der Waals surface area contributed by atoms with Gasteiger partial charge in [0.1, 0.15) is 0 Å². The molecule has 0 fully saturated rings. The lowest BCUT2D eigenvalue weighted by molar-refractivity contribution is 0.0990. The molecule has 13 heavy (non-hydrogen) atoms. The molecule has 0 atom stereocenters. The van der Waals surface area contributed by atoms with Gasteiger partial charge < -0.3 is 0 Å². The maximum Gasteiger partial charge on any atom is 0.165 e. The third-order valence-electron chi connectivity index (χ3n) is 1.57. The van der Waals surface area contributed by atoms with E-state index in [4.69, 9.17) is 23.2 Å². The van der Waals surface area contributed by atoms with Gasteiger partial charge >= 0.3 is 0 Å². The maximum absolute atomic E-state index is 11.4. The van der Waals surface area contributed by atoms with Gasteiger partial charge in [-0.2, -0.15) is 0 Å². The van der Waals surface area contributed by atoms with E-state index in [1.54, 1.807) is 18.2 Å². The van der Waals surface area contributed by atoms with Crippen molar-refractivity contribution in [3.05, 3.63) is 33.8 Å². The number of carbonyl (C=O) groups is 1. The van der Waals surface area contributed by atoms with E-state index in [1.807, 2.05) is 0 Å². The molecule has 1 aromatic rings. The van der Waals surface area contributed by atoms with Crippen LogP contribution in [0.25, 0.3) is 0 Å². The van der Waals surface area contributed by atoms with Crippen LogP contribution < -0.4 is 0 Å². The summed E-state index contributed by atoms with van der Waals surface area (Å²) in [5, 5.41) is 1.39. The molecule has 0 amide bonds. The molecule has 1 nitrogen and oxygen atoms in total. The van der Waals surface area contributed by atoms with E-state index >= 15 is 0 Å². The van der Waals surface area contributed by atoms with Gasteiger partial charge in [-0.05, 0) is 12.1 Å². The van der Waals surface area contributed by atoms with Crippen LogP contribution in [0.15, 0.2) is 18.2 Å². The molecule has 0 aromatic heterocycles. The molecule has 0 bridgehead atoms. The third kappa shape index (κ3) is 2.70. The largest absolute Gasteiger partial charge is 0.294 e. The Labute approximate surface area is 95.2 Å². The maximum atomic E-state index is 11.4. The van der Waals surface area contributed by atoms with Crippen molar-refractivity contribution in [3.8, 4) is 0 Å². The zero-order valence-corrected chi connectivity index (χ0v) is 9.79. The van der Waals surface area contributed by atoms with Crippen LogP contribution in [0.3, 0.4) is 0 Å². The Kier molecular flexibility index (Phi) is 4.23. The fourth-order valence-corrected chi connectivity index (χ4v) is 1.71. The number of alkyl halides is 1. The van der Waals surface area contributed by atoms with Crippen LogP contribution in [0.5, 0.6) is 0 Å². The molecule has 0 unspecified atom stereocenters. The number of hydrogen-bond donors (Lipinski definition) is 0. The zero-order valence-electron chi connectivity index (χ0n) is 6.69. The highest BCUT2D eigenvalue weighted by molar-refractivity contribution is 9.09. The Morgan fingerprint density at radius 2 is 2.08 bits per heavy atom. The average molecular weight is 282 g/mol.